The van der Waals surface area contributed by atoms with Crippen molar-refractivity contribution in [3.05, 3.63) is 35.0 Å². The molecule has 2 fully saturated rings. The number of aromatic nitrogens is 7. The molecule has 0 aliphatic carbocycles. The molecule has 2 aliphatic heterocycles. The highest BCUT2D eigenvalue weighted by Gasteiger charge is 2.50. The van der Waals surface area contributed by atoms with Crippen LogP contribution in [0.2, 0.25) is 0 Å². The van der Waals surface area contributed by atoms with Crippen LogP contribution in [0.1, 0.15) is 25.3 Å². The summed E-state index contributed by atoms with van der Waals surface area (Å²) in [5, 5.41) is 0.0672. The van der Waals surface area contributed by atoms with Gasteiger partial charge in [0.15, 0.2) is 35.0 Å². The molecule has 0 spiro atoms. The average Bonchev–Trinajstić information content (AvgIpc) is 3.77. The Morgan fingerprint density at radius 3 is 2.63 bits per heavy atom. The van der Waals surface area contributed by atoms with Crippen molar-refractivity contribution in [3.63, 3.8) is 0 Å². The van der Waals surface area contributed by atoms with Gasteiger partial charge >= 0.3 is 13.4 Å². The Balaban J connectivity index is 1.18. The molecule has 8 atom stereocenters. The lowest BCUT2D eigenvalue weighted by Gasteiger charge is -2.26. The van der Waals surface area contributed by atoms with Crippen LogP contribution in [0.5, 0.6) is 0 Å². The van der Waals surface area contributed by atoms with Crippen LogP contribution in [0.3, 0.4) is 0 Å². The number of hydrogen-bond donors (Lipinski definition) is 5. The maximum absolute atomic E-state index is 15.9. The summed E-state index contributed by atoms with van der Waals surface area (Å²) in [4.78, 5) is 51.6. The average molecular weight is 726 g/mol. The second-order valence-electron chi connectivity index (χ2n) is 10.2. The number of aromatic amines is 1. The molecule has 4 aromatic rings. The second-order valence-corrected chi connectivity index (χ2v) is 15.9. The number of anilines is 2. The summed E-state index contributed by atoms with van der Waals surface area (Å²) in [5.41, 5.74) is 10.9. The van der Waals surface area contributed by atoms with Gasteiger partial charge in [-0.1, -0.05) is 0 Å². The van der Waals surface area contributed by atoms with E-state index in [1.807, 2.05) is 0 Å². The van der Waals surface area contributed by atoms with Crippen LogP contribution in [0.15, 0.2) is 23.6 Å². The Kier molecular flexibility index (Phi) is 9.26. The van der Waals surface area contributed by atoms with Gasteiger partial charge in [0.05, 0.1) is 31.0 Å². The third kappa shape index (κ3) is 6.58. The number of nitrogens with two attached hydrogens (primary N) is 2. The number of ether oxygens (including phenoxy) is 2. The highest BCUT2D eigenvalue weighted by molar-refractivity contribution is 8.07. The molecule has 2 saturated heterocycles. The SMILES string of the molecule is COP(O)(=S)OC[C@H]1O[C@@H](n2cnc3c(=O)[nH]c(N)nc32)[C@H](OP(O)(=S)OC[C@@H]2CC[C@H](n3cc(F)c4c(N)ncnc43)O2)[C@@H]1F. The molecule has 6 heterocycles. The number of imidazole rings is 1. The summed E-state index contributed by atoms with van der Waals surface area (Å²) < 4.78 is 66.0. The van der Waals surface area contributed by atoms with Gasteiger partial charge in [-0.2, -0.15) is 4.98 Å². The van der Waals surface area contributed by atoms with Gasteiger partial charge in [-0.25, -0.2) is 23.7 Å². The maximum Gasteiger partial charge on any atom is 0.325 e. The monoisotopic (exact) mass is 725 g/mol. The Morgan fingerprint density at radius 2 is 1.87 bits per heavy atom. The molecule has 2 aliphatic rings. The molecule has 7 N–H and O–H groups in total. The Bertz CT molecular complexity index is 1930. The van der Waals surface area contributed by atoms with Gasteiger partial charge in [0.2, 0.25) is 5.95 Å². The zero-order valence-corrected chi connectivity index (χ0v) is 27.0. The van der Waals surface area contributed by atoms with Crippen molar-refractivity contribution in [1.29, 1.82) is 0 Å². The highest BCUT2D eigenvalue weighted by Crippen LogP contribution is 2.51. The third-order valence-electron chi connectivity index (χ3n) is 7.29. The Morgan fingerprint density at radius 1 is 1.11 bits per heavy atom. The lowest BCUT2D eigenvalue weighted by molar-refractivity contribution is -0.0485. The number of nitrogens with zero attached hydrogens (tertiary/aromatic N) is 6. The Labute approximate surface area is 267 Å². The third-order valence-corrected chi connectivity index (χ3v) is 10.5. The number of H-pyrrole nitrogens is 1. The van der Waals surface area contributed by atoms with E-state index >= 15 is 4.39 Å². The van der Waals surface area contributed by atoms with Gasteiger partial charge in [0.1, 0.15) is 30.6 Å². The van der Waals surface area contributed by atoms with Gasteiger partial charge in [-0.3, -0.25) is 18.9 Å². The molecule has 6 rings (SSSR count). The first kappa shape index (κ1) is 33.3. The van der Waals surface area contributed by atoms with Crippen molar-refractivity contribution in [2.24, 2.45) is 0 Å². The first-order valence-electron chi connectivity index (χ1n) is 13.4. The first-order chi connectivity index (χ1) is 21.8. The van der Waals surface area contributed by atoms with E-state index in [-0.39, 0.29) is 40.6 Å². The van der Waals surface area contributed by atoms with Crippen LogP contribution in [-0.2, 0) is 51.2 Å². The normalized spacial score (nSPS) is 27.8. The van der Waals surface area contributed by atoms with Crippen LogP contribution in [0.25, 0.3) is 22.2 Å². The lowest BCUT2D eigenvalue weighted by atomic mass is 10.1. The molecule has 0 saturated carbocycles. The summed E-state index contributed by atoms with van der Waals surface area (Å²) in [6, 6.07) is 0. The minimum atomic E-state index is -4.21. The number of fused-ring (bicyclic) bond motifs is 2. The van der Waals surface area contributed by atoms with Crippen LogP contribution < -0.4 is 17.0 Å². The van der Waals surface area contributed by atoms with Gasteiger partial charge < -0.3 is 48.9 Å². The standard InChI is InChI=1S/C22H27F2N9O9P2S2/c1-37-43(35,45)39-6-11-14(24)16(21(41-11)33-8-29-15-19(33)30-22(26)31-20(15)34)42-44(36,46)38-5-9-2-3-12(40-9)32-4-10(23)13-17(25)27-7-28-18(13)32/h4,7-9,11-12,14,16,21H,2-3,5-6H2,1H3,(H,35,45)(H,36,46)(H2,25,27,28)(H3,26,30,31,34)/t9-,11+,12+,14+,16+,21+,43?,44?/m0/s1. The molecule has 250 valence electrons. The van der Waals surface area contributed by atoms with Crippen LogP contribution in [-0.4, -0.2) is 88.6 Å². The van der Waals surface area contributed by atoms with Crippen molar-refractivity contribution >= 4 is 71.0 Å². The fraction of sp³-hybridized carbons (Fsp3) is 0.500. The number of nitrogens with one attached hydrogen (secondary N) is 1. The van der Waals surface area contributed by atoms with E-state index in [9.17, 15) is 19.0 Å². The van der Waals surface area contributed by atoms with Crippen molar-refractivity contribution < 1.29 is 46.1 Å². The van der Waals surface area contributed by atoms with Crippen LogP contribution in [0.4, 0.5) is 20.5 Å². The molecule has 2 unspecified atom stereocenters. The summed E-state index contributed by atoms with van der Waals surface area (Å²) >= 11 is 10.0. The quantitative estimate of drug-likeness (QED) is 0.137. The minimum Gasteiger partial charge on any atom is -0.383 e. The van der Waals surface area contributed by atoms with E-state index in [1.54, 1.807) is 0 Å². The lowest BCUT2D eigenvalue weighted by Crippen LogP contribution is -2.32. The number of nitrogen functional groups attached to an aromatic ring is 2. The van der Waals surface area contributed by atoms with Gasteiger partial charge in [-0.05, 0) is 36.5 Å². The number of halogens is 2. The topological polar surface area (TPSA) is 242 Å². The minimum absolute atomic E-state index is 0.0127. The molecular weight excluding hydrogens is 698 g/mol. The first-order valence-corrected chi connectivity index (χ1v) is 18.6. The van der Waals surface area contributed by atoms with E-state index in [0.717, 1.165) is 13.4 Å². The summed E-state index contributed by atoms with van der Waals surface area (Å²) in [6.45, 7) is -8.73. The van der Waals surface area contributed by atoms with Crippen molar-refractivity contribution in [3.8, 4) is 0 Å². The van der Waals surface area contributed by atoms with Crippen molar-refractivity contribution in [1.82, 2.24) is 34.1 Å². The molecule has 46 heavy (non-hydrogen) atoms. The zero-order valence-electron chi connectivity index (χ0n) is 23.6. The largest absolute Gasteiger partial charge is 0.383 e. The van der Waals surface area contributed by atoms with E-state index in [0.29, 0.717) is 12.8 Å². The molecule has 18 nitrogen and oxygen atoms in total. The van der Waals surface area contributed by atoms with Crippen LogP contribution >= 0.6 is 13.4 Å². The smallest absolute Gasteiger partial charge is 0.325 e. The second kappa shape index (κ2) is 12.8. The van der Waals surface area contributed by atoms with Crippen LogP contribution in [0, 0.1) is 5.82 Å². The molecule has 24 heteroatoms. The van der Waals surface area contributed by atoms with Gasteiger partial charge in [-0.15, -0.1) is 0 Å². The molecule has 4 aromatic heterocycles. The summed E-state index contributed by atoms with van der Waals surface area (Å²) in [7, 11) is 1.13. The van der Waals surface area contributed by atoms with E-state index in [1.165, 1.54) is 21.7 Å². The number of rotatable bonds is 11. The predicted octanol–water partition coefficient (Wildman–Crippen LogP) is 1.28. The molecular formula is C22H27F2N9O9P2S2. The van der Waals surface area contributed by atoms with Crippen molar-refractivity contribution in [2.75, 3.05) is 31.8 Å². The van der Waals surface area contributed by atoms with E-state index in [4.69, 9.17) is 62.6 Å². The number of hydrogen-bond acceptors (Lipinski definition) is 15. The Hall–Kier alpha value is -2.59. The number of alkyl halides is 1. The van der Waals surface area contributed by atoms with E-state index in [2.05, 4.69) is 24.9 Å². The summed E-state index contributed by atoms with van der Waals surface area (Å²) in [6.07, 6.45) is -3.33. The molecule has 0 aromatic carbocycles. The molecule has 0 radical (unpaired) electrons. The molecule has 0 amide bonds. The highest BCUT2D eigenvalue weighted by atomic mass is 32.5. The predicted molar refractivity (Wildman–Crippen MR) is 163 cm³/mol. The summed E-state index contributed by atoms with van der Waals surface area (Å²) in [5.74, 6) is -0.867. The fourth-order valence-electron chi connectivity index (χ4n) is 5.17. The van der Waals surface area contributed by atoms with Crippen molar-refractivity contribution in [2.45, 2.75) is 49.8 Å². The van der Waals surface area contributed by atoms with Gasteiger partial charge in [0.25, 0.3) is 5.56 Å². The maximum atomic E-state index is 15.9. The fourth-order valence-corrected chi connectivity index (χ4v) is 7.22. The zero-order chi connectivity index (χ0) is 33.0. The van der Waals surface area contributed by atoms with Gasteiger partial charge in [0, 0.05) is 13.3 Å². The molecule has 0 bridgehead atoms. The van der Waals surface area contributed by atoms with E-state index < -0.39 is 68.4 Å².